The van der Waals surface area contributed by atoms with Crippen LogP contribution in [0, 0.1) is 5.92 Å². The van der Waals surface area contributed by atoms with Crippen molar-refractivity contribution < 1.29 is 0 Å². The summed E-state index contributed by atoms with van der Waals surface area (Å²) in [5.74, 6) is 0.830. The van der Waals surface area contributed by atoms with Crippen LogP contribution in [-0.2, 0) is 0 Å². The van der Waals surface area contributed by atoms with Gasteiger partial charge in [0.15, 0.2) is 0 Å². The number of nitrogens with one attached hydrogen (secondary N) is 1. The van der Waals surface area contributed by atoms with E-state index in [0.29, 0.717) is 0 Å². The van der Waals surface area contributed by atoms with Crippen molar-refractivity contribution in [3.8, 4) is 0 Å². The minimum absolute atomic E-state index is 0.741. The normalized spacial score (nSPS) is 11.2. The lowest BCUT2D eigenvalue weighted by Crippen LogP contribution is -2.03. The molecule has 0 spiro atoms. The van der Waals surface area contributed by atoms with E-state index in [-0.39, 0.29) is 0 Å². The molecule has 0 atom stereocenters. The lowest BCUT2D eigenvalue weighted by atomic mass is 10.0. The molecule has 0 unspecified atom stereocenters. The summed E-state index contributed by atoms with van der Waals surface area (Å²) in [6.07, 6.45) is 8.34. The zero-order valence-corrected chi connectivity index (χ0v) is 13.2. The molecule has 1 aromatic carbocycles. The molecule has 0 aliphatic heterocycles. The third kappa shape index (κ3) is 4.62. The van der Waals surface area contributed by atoms with Crippen molar-refractivity contribution in [2.24, 2.45) is 5.92 Å². The summed E-state index contributed by atoms with van der Waals surface area (Å²) >= 11 is 0. The number of nitrogens with zero attached hydrogens (tertiary/aromatic N) is 1. The fraction of sp³-hybridized carbons (Fsp3) is 0.500. The van der Waals surface area contributed by atoms with Gasteiger partial charge in [-0.25, -0.2) is 0 Å². The SMILES string of the molecule is CC(C)CCCCCCNc1ccc(N)c2ncccc12. The molecule has 0 amide bonds. The summed E-state index contributed by atoms with van der Waals surface area (Å²) in [6, 6.07) is 8.01. The molecule has 2 rings (SSSR count). The number of pyridine rings is 1. The Morgan fingerprint density at radius 3 is 2.71 bits per heavy atom. The molecule has 114 valence electrons. The van der Waals surface area contributed by atoms with E-state index in [0.717, 1.165) is 34.7 Å². The van der Waals surface area contributed by atoms with Gasteiger partial charge in [0, 0.05) is 23.8 Å². The predicted molar refractivity (Wildman–Crippen MR) is 92.6 cm³/mol. The average molecular weight is 285 g/mol. The van der Waals surface area contributed by atoms with E-state index < -0.39 is 0 Å². The van der Waals surface area contributed by atoms with E-state index in [4.69, 9.17) is 5.73 Å². The molecule has 3 nitrogen and oxygen atoms in total. The average Bonchev–Trinajstić information content (AvgIpc) is 2.48. The number of benzene rings is 1. The van der Waals surface area contributed by atoms with Crippen LogP contribution >= 0.6 is 0 Å². The zero-order chi connectivity index (χ0) is 15.1. The number of anilines is 2. The van der Waals surface area contributed by atoms with E-state index in [1.54, 1.807) is 6.20 Å². The first-order valence-corrected chi connectivity index (χ1v) is 8.05. The monoisotopic (exact) mass is 285 g/mol. The highest BCUT2D eigenvalue weighted by Crippen LogP contribution is 2.26. The van der Waals surface area contributed by atoms with Crippen LogP contribution < -0.4 is 11.1 Å². The van der Waals surface area contributed by atoms with Gasteiger partial charge < -0.3 is 11.1 Å². The van der Waals surface area contributed by atoms with Crippen molar-refractivity contribution in [1.82, 2.24) is 4.98 Å². The van der Waals surface area contributed by atoms with Crippen LogP contribution in [0.2, 0.25) is 0 Å². The fourth-order valence-electron chi connectivity index (χ4n) is 2.60. The molecule has 0 fully saturated rings. The molecule has 1 aromatic heterocycles. The molecule has 0 saturated heterocycles. The molecule has 0 bridgehead atoms. The van der Waals surface area contributed by atoms with Crippen molar-refractivity contribution in [3.63, 3.8) is 0 Å². The molecule has 0 aliphatic carbocycles. The highest BCUT2D eigenvalue weighted by Gasteiger charge is 2.04. The second-order valence-electron chi connectivity index (χ2n) is 6.13. The van der Waals surface area contributed by atoms with Crippen molar-refractivity contribution in [3.05, 3.63) is 30.5 Å². The fourth-order valence-corrected chi connectivity index (χ4v) is 2.60. The Kier molecular flexibility index (Phi) is 5.85. The van der Waals surface area contributed by atoms with Gasteiger partial charge in [-0.3, -0.25) is 4.98 Å². The Bertz CT molecular complexity index is 563. The van der Waals surface area contributed by atoms with Gasteiger partial charge in [-0.15, -0.1) is 0 Å². The molecule has 3 heteroatoms. The lowest BCUT2D eigenvalue weighted by Gasteiger charge is -2.11. The number of rotatable bonds is 8. The molecule has 1 heterocycles. The molecule has 0 aliphatic rings. The summed E-state index contributed by atoms with van der Waals surface area (Å²) < 4.78 is 0. The van der Waals surface area contributed by atoms with Crippen molar-refractivity contribution >= 4 is 22.3 Å². The van der Waals surface area contributed by atoms with Crippen LogP contribution in [0.3, 0.4) is 0 Å². The number of nitrogen functional groups attached to an aromatic ring is 1. The van der Waals surface area contributed by atoms with Gasteiger partial charge >= 0.3 is 0 Å². The Hall–Kier alpha value is -1.77. The maximum Gasteiger partial charge on any atom is 0.0951 e. The maximum atomic E-state index is 5.97. The summed E-state index contributed by atoms with van der Waals surface area (Å²) in [7, 11) is 0. The van der Waals surface area contributed by atoms with Crippen LogP contribution in [0.1, 0.15) is 46.0 Å². The highest BCUT2D eigenvalue weighted by atomic mass is 14.9. The Morgan fingerprint density at radius 2 is 1.90 bits per heavy atom. The second kappa shape index (κ2) is 7.87. The van der Waals surface area contributed by atoms with Crippen molar-refractivity contribution in [2.45, 2.75) is 46.0 Å². The van der Waals surface area contributed by atoms with Gasteiger partial charge in [0.2, 0.25) is 0 Å². The number of fused-ring (bicyclic) bond motifs is 1. The van der Waals surface area contributed by atoms with Gasteiger partial charge in [-0.2, -0.15) is 0 Å². The van der Waals surface area contributed by atoms with E-state index in [1.165, 1.54) is 32.1 Å². The van der Waals surface area contributed by atoms with Crippen LogP contribution in [0.25, 0.3) is 10.9 Å². The highest BCUT2D eigenvalue weighted by molar-refractivity contribution is 5.98. The minimum atomic E-state index is 0.741. The molecular weight excluding hydrogens is 258 g/mol. The molecule has 21 heavy (non-hydrogen) atoms. The third-order valence-electron chi connectivity index (χ3n) is 3.82. The van der Waals surface area contributed by atoms with Gasteiger partial charge in [-0.05, 0) is 36.6 Å². The van der Waals surface area contributed by atoms with Gasteiger partial charge in [0.1, 0.15) is 0 Å². The van der Waals surface area contributed by atoms with Crippen molar-refractivity contribution in [2.75, 3.05) is 17.6 Å². The molecule has 3 N–H and O–H groups in total. The van der Waals surface area contributed by atoms with Crippen molar-refractivity contribution in [1.29, 1.82) is 0 Å². The standard InChI is InChI=1S/C18H27N3/c1-14(2)8-5-3-4-6-12-20-17-11-10-16(19)18-15(17)9-7-13-21-18/h7,9-11,13-14,20H,3-6,8,12,19H2,1-2H3. The lowest BCUT2D eigenvalue weighted by molar-refractivity contribution is 0.523. The first-order valence-electron chi connectivity index (χ1n) is 8.05. The van der Waals surface area contributed by atoms with E-state index in [2.05, 4.69) is 36.3 Å². The number of unbranched alkanes of at least 4 members (excludes halogenated alkanes) is 3. The summed E-state index contributed by atoms with van der Waals surface area (Å²) in [4.78, 5) is 4.36. The summed E-state index contributed by atoms with van der Waals surface area (Å²) in [5.41, 5.74) is 8.73. The molecular formula is C18H27N3. The van der Waals surface area contributed by atoms with Crippen LogP contribution in [0.15, 0.2) is 30.5 Å². The van der Waals surface area contributed by atoms with E-state index in [1.807, 2.05) is 12.1 Å². The maximum absolute atomic E-state index is 5.97. The number of aromatic nitrogens is 1. The van der Waals surface area contributed by atoms with Crippen LogP contribution in [0.5, 0.6) is 0 Å². The predicted octanol–water partition coefficient (Wildman–Crippen LogP) is 4.84. The number of nitrogens with two attached hydrogens (primary N) is 1. The first-order chi connectivity index (χ1) is 10.2. The summed E-state index contributed by atoms with van der Waals surface area (Å²) in [5, 5.41) is 4.63. The molecule has 2 aromatic rings. The second-order valence-corrected chi connectivity index (χ2v) is 6.13. The summed E-state index contributed by atoms with van der Waals surface area (Å²) in [6.45, 7) is 5.60. The topological polar surface area (TPSA) is 50.9 Å². The number of hydrogen-bond donors (Lipinski definition) is 2. The van der Waals surface area contributed by atoms with Crippen LogP contribution in [0.4, 0.5) is 11.4 Å². The van der Waals surface area contributed by atoms with E-state index in [9.17, 15) is 0 Å². The number of hydrogen-bond acceptors (Lipinski definition) is 3. The van der Waals surface area contributed by atoms with Gasteiger partial charge in [-0.1, -0.05) is 39.5 Å². The Labute approximate surface area is 128 Å². The Morgan fingerprint density at radius 1 is 1.10 bits per heavy atom. The third-order valence-corrected chi connectivity index (χ3v) is 3.82. The van der Waals surface area contributed by atoms with Crippen LogP contribution in [-0.4, -0.2) is 11.5 Å². The largest absolute Gasteiger partial charge is 0.397 e. The quantitative estimate of drug-likeness (QED) is 0.539. The molecule has 0 saturated carbocycles. The Balaban J connectivity index is 1.80. The zero-order valence-electron chi connectivity index (χ0n) is 13.2. The van der Waals surface area contributed by atoms with E-state index >= 15 is 0 Å². The minimum Gasteiger partial charge on any atom is -0.397 e. The first kappa shape index (κ1) is 15.6. The smallest absolute Gasteiger partial charge is 0.0951 e. The van der Waals surface area contributed by atoms with Gasteiger partial charge in [0.05, 0.1) is 11.2 Å². The molecule has 0 radical (unpaired) electrons. The van der Waals surface area contributed by atoms with Gasteiger partial charge in [0.25, 0.3) is 0 Å².